The van der Waals surface area contributed by atoms with Crippen molar-refractivity contribution in [2.75, 3.05) is 19.6 Å². The molecule has 2 aromatic carbocycles. The van der Waals surface area contributed by atoms with E-state index in [1.54, 1.807) is 42.5 Å². The van der Waals surface area contributed by atoms with Gasteiger partial charge in [-0.15, -0.1) is 0 Å². The molecule has 2 aliphatic heterocycles. The molecule has 10 N–H and O–H groups in total. The van der Waals surface area contributed by atoms with Gasteiger partial charge in [-0.1, -0.05) is 48.5 Å². The fraction of sp³-hybridized carbons (Fsp3) is 0.389. The highest BCUT2D eigenvalue weighted by Gasteiger charge is 2.39. The second-order valence-corrected chi connectivity index (χ2v) is 12.7. The summed E-state index contributed by atoms with van der Waals surface area (Å²) < 4.78 is 0. The molecule has 53 heavy (non-hydrogen) atoms. The average Bonchev–Trinajstić information content (AvgIpc) is 3.64. The van der Waals surface area contributed by atoms with Crippen molar-refractivity contribution in [3.63, 3.8) is 0 Å². The van der Waals surface area contributed by atoms with E-state index in [4.69, 9.17) is 11.5 Å². The number of phenols is 1. The van der Waals surface area contributed by atoms with Crippen LogP contribution in [-0.4, -0.2) is 108 Å². The summed E-state index contributed by atoms with van der Waals surface area (Å²) in [5.41, 5.74) is 12.2. The van der Waals surface area contributed by atoms with Gasteiger partial charge in [-0.2, -0.15) is 0 Å². The summed E-state index contributed by atoms with van der Waals surface area (Å²) in [4.78, 5) is 98.2. The molecule has 1 saturated heterocycles. The maximum Gasteiger partial charge on any atom is 0.290 e. The number of nitrogens with two attached hydrogens (primary N) is 2. The minimum atomic E-state index is -1.37. The fourth-order valence-corrected chi connectivity index (χ4v) is 6.09. The second-order valence-electron chi connectivity index (χ2n) is 12.7. The van der Waals surface area contributed by atoms with Crippen molar-refractivity contribution in [3.8, 4) is 5.75 Å². The molecule has 2 heterocycles. The van der Waals surface area contributed by atoms with Gasteiger partial charge < -0.3 is 48.1 Å². The number of aromatic hydroxyl groups is 1. The number of Topliss-reactive ketones (excluding diaryl/α,β-unsaturated/α-hetero) is 1. The summed E-state index contributed by atoms with van der Waals surface area (Å²) in [5, 5.41) is 22.7. The van der Waals surface area contributed by atoms with E-state index < -0.39 is 65.5 Å². The quantitative estimate of drug-likeness (QED) is 0.0440. The van der Waals surface area contributed by atoms with E-state index in [0.717, 1.165) is 6.08 Å². The molecule has 2 aliphatic rings. The van der Waals surface area contributed by atoms with E-state index in [0.29, 0.717) is 24.0 Å². The predicted octanol–water partition coefficient (Wildman–Crippen LogP) is -1.95. The van der Waals surface area contributed by atoms with Crippen LogP contribution in [0.5, 0.6) is 5.75 Å². The molecule has 6 amide bonds. The van der Waals surface area contributed by atoms with Gasteiger partial charge in [0.15, 0.2) is 5.96 Å². The number of carbonyl (C=O) groups excluding carboxylic acids is 7. The zero-order valence-electron chi connectivity index (χ0n) is 29.0. The highest BCUT2D eigenvalue weighted by molar-refractivity contribution is 6.38. The van der Waals surface area contributed by atoms with Crippen LogP contribution in [-0.2, 0) is 46.4 Å². The van der Waals surface area contributed by atoms with Crippen LogP contribution in [0.3, 0.4) is 0 Å². The minimum Gasteiger partial charge on any atom is -0.508 e. The minimum absolute atomic E-state index is 0.00634. The van der Waals surface area contributed by atoms with E-state index in [1.807, 2.05) is 0 Å². The number of amides is 6. The van der Waals surface area contributed by atoms with Crippen molar-refractivity contribution < 1.29 is 38.7 Å². The van der Waals surface area contributed by atoms with Gasteiger partial charge in [-0.05, 0) is 55.4 Å². The van der Waals surface area contributed by atoms with Crippen molar-refractivity contribution in [2.45, 2.75) is 68.7 Å². The third kappa shape index (κ3) is 11.9. The van der Waals surface area contributed by atoms with Gasteiger partial charge in [-0.3, -0.25) is 38.6 Å². The van der Waals surface area contributed by atoms with Crippen LogP contribution in [0.15, 0.2) is 71.7 Å². The van der Waals surface area contributed by atoms with Crippen molar-refractivity contribution in [1.29, 1.82) is 0 Å². The molecule has 0 bridgehead atoms. The Labute approximate surface area is 306 Å². The normalized spacial score (nSPS) is 23.2. The second kappa shape index (κ2) is 19.4. The molecule has 1 fully saturated rings. The topological polar surface area (TPSA) is 268 Å². The lowest BCUT2D eigenvalue weighted by molar-refractivity contribution is -0.143. The molecule has 17 heteroatoms. The van der Waals surface area contributed by atoms with Gasteiger partial charge in [0.2, 0.25) is 35.8 Å². The Hall–Kier alpha value is -6.26. The molecule has 0 spiro atoms. The third-order valence-corrected chi connectivity index (χ3v) is 8.79. The predicted molar refractivity (Wildman–Crippen MR) is 193 cm³/mol. The number of ketones is 1. The number of benzene rings is 2. The Morgan fingerprint density at radius 1 is 0.906 bits per heavy atom. The number of hydrogen-bond acceptors (Lipinski definition) is 9. The molecule has 17 nitrogen and oxygen atoms in total. The van der Waals surface area contributed by atoms with Crippen molar-refractivity contribution in [2.24, 2.45) is 16.5 Å². The lowest BCUT2D eigenvalue weighted by Crippen LogP contribution is -2.58. The molecule has 5 atom stereocenters. The Kier molecular flexibility index (Phi) is 14.4. The van der Waals surface area contributed by atoms with Crippen molar-refractivity contribution in [1.82, 2.24) is 31.5 Å². The highest BCUT2D eigenvalue weighted by Crippen LogP contribution is 2.20. The van der Waals surface area contributed by atoms with Crippen LogP contribution in [0.1, 0.15) is 36.8 Å². The first kappa shape index (κ1) is 39.5. The molecule has 0 aliphatic carbocycles. The molecule has 5 unspecified atom stereocenters. The number of hydrogen-bond donors (Lipinski definition) is 8. The molecule has 0 saturated carbocycles. The summed E-state index contributed by atoms with van der Waals surface area (Å²) in [7, 11) is 0. The number of nitrogens with one attached hydrogen (secondary N) is 5. The summed E-state index contributed by atoms with van der Waals surface area (Å²) in [5.74, 6) is -4.95. The van der Waals surface area contributed by atoms with Crippen molar-refractivity contribution in [3.05, 3.63) is 77.9 Å². The summed E-state index contributed by atoms with van der Waals surface area (Å²) in [6, 6.07) is 9.29. The first-order valence-electron chi connectivity index (χ1n) is 17.2. The van der Waals surface area contributed by atoms with E-state index in [-0.39, 0.29) is 63.4 Å². The van der Waals surface area contributed by atoms with E-state index in [2.05, 4.69) is 31.6 Å². The van der Waals surface area contributed by atoms with Crippen LogP contribution in [0.25, 0.3) is 0 Å². The summed E-state index contributed by atoms with van der Waals surface area (Å²) in [6.45, 7) is -0.0548. The Morgan fingerprint density at radius 3 is 2.32 bits per heavy atom. The molecular weight excluding hydrogens is 686 g/mol. The number of guanidine groups is 1. The standard InChI is InChI=1S/C36H45N9O8/c37-36(38)39-16-4-8-26-31(49)34(52)44-27(19-22-6-2-1-3-7-22)32(50)42-24(18-23-10-13-25(47)14-11-23)12-15-30(48)40-20-28(41-21-46)35(53)45-17-5-9-29(45)33(51)43-26/h1-3,6-7,10-15,21,24,26-29,47H,4-5,8-9,16-20H2,(H,40,48)(H,41,46)(H,42,50)(H,43,51)(H,44,52)(H4,37,38,39). The lowest BCUT2D eigenvalue weighted by atomic mass is 10.0. The van der Waals surface area contributed by atoms with Gasteiger partial charge in [0.1, 0.15) is 23.9 Å². The third-order valence-electron chi connectivity index (χ3n) is 8.79. The number of rotatable bonds is 10. The SMILES string of the molecule is NC(N)=NCCCC1NC(=O)C2CCCN2C(=O)C(NC=O)CNC(=O)C=CC(Cc2ccc(O)cc2)NC(=O)C(Cc2ccccc2)NC(=O)C1=O. The first-order chi connectivity index (χ1) is 25.4. The van der Waals surface area contributed by atoms with Crippen molar-refractivity contribution >= 4 is 47.7 Å². The summed E-state index contributed by atoms with van der Waals surface area (Å²) >= 11 is 0. The van der Waals surface area contributed by atoms with E-state index in [9.17, 15) is 38.7 Å². The Bertz CT molecular complexity index is 1700. The monoisotopic (exact) mass is 731 g/mol. The molecule has 2 aromatic rings. The molecule has 0 radical (unpaired) electrons. The van der Waals surface area contributed by atoms with Gasteiger partial charge in [0, 0.05) is 32.1 Å². The molecule has 282 valence electrons. The van der Waals surface area contributed by atoms with Gasteiger partial charge in [0.25, 0.3) is 5.91 Å². The number of carbonyl (C=O) groups is 7. The maximum absolute atomic E-state index is 13.9. The number of phenolic OH excluding ortho intramolecular Hbond substituents is 1. The van der Waals surface area contributed by atoms with Crippen LogP contribution in [0, 0.1) is 0 Å². The van der Waals surface area contributed by atoms with Crippen LogP contribution >= 0.6 is 0 Å². The van der Waals surface area contributed by atoms with E-state index in [1.165, 1.54) is 23.1 Å². The first-order valence-corrected chi connectivity index (χ1v) is 17.2. The zero-order valence-corrected chi connectivity index (χ0v) is 29.0. The van der Waals surface area contributed by atoms with E-state index >= 15 is 0 Å². The number of aliphatic imine (C=N–C) groups is 1. The lowest BCUT2D eigenvalue weighted by Gasteiger charge is -2.29. The smallest absolute Gasteiger partial charge is 0.290 e. The molecule has 0 aromatic heterocycles. The van der Waals surface area contributed by atoms with Crippen LogP contribution in [0.4, 0.5) is 0 Å². The number of nitrogens with zero attached hydrogens (tertiary/aromatic N) is 2. The molecule has 4 rings (SSSR count). The highest BCUT2D eigenvalue weighted by atomic mass is 16.3. The van der Waals surface area contributed by atoms with Gasteiger partial charge in [-0.25, -0.2) is 0 Å². The Morgan fingerprint density at radius 2 is 1.62 bits per heavy atom. The van der Waals surface area contributed by atoms with Gasteiger partial charge in [0.05, 0.1) is 12.1 Å². The number of fused-ring (bicyclic) bond motifs is 1. The van der Waals surface area contributed by atoms with Crippen LogP contribution < -0.4 is 38.1 Å². The Balaban J connectivity index is 1.71. The van der Waals surface area contributed by atoms with Gasteiger partial charge >= 0.3 is 0 Å². The molecular formula is C36H45N9O8. The summed E-state index contributed by atoms with van der Waals surface area (Å²) in [6.07, 6.45) is 3.88. The fourth-order valence-electron chi connectivity index (χ4n) is 6.09. The average molecular weight is 732 g/mol. The zero-order chi connectivity index (χ0) is 38.3. The van der Waals surface area contributed by atoms with Crippen LogP contribution in [0.2, 0.25) is 0 Å². The maximum atomic E-state index is 13.9. The largest absolute Gasteiger partial charge is 0.508 e.